The van der Waals surface area contributed by atoms with Crippen LogP contribution in [-0.2, 0) is 14.3 Å². The Morgan fingerprint density at radius 1 is 1.18 bits per heavy atom. The number of ether oxygens (including phenoxy) is 4. The number of allylic oxidation sites excluding steroid dienone is 1. The van der Waals surface area contributed by atoms with Gasteiger partial charge in [0.2, 0.25) is 0 Å². The summed E-state index contributed by atoms with van der Waals surface area (Å²) >= 11 is 4.28. The number of hydrazone groups is 1. The Balaban J connectivity index is 1.66. The fourth-order valence-electron chi connectivity index (χ4n) is 3.67. The largest absolute Gasteiger partial charge is 0.493 e. The number of hydrogen-bond acceptors (Lipinski definition) is 8. The number of benzene rings is 2. The first kappa shape index (κ1) is 31.0. The number of rotatable bonds is 11. The molecule has 0 spiro atoms. The zero-order chi connectivity index (χ0) is 29.2. The molecule has 0 aliphatic carbocycles. The van der Waals surface area contributed by atoms with E-state index in [0.717, 1.165) is 12.7 Å². The molecule has 210 valence electrons. The van der Waals surface area contributed by atoms with Crippen LogP contribution < -0.4 is 30.3 Å². The first-order valence-corrected chi connectivity index (χ1v) is 14.0. The number of hydrogen-bond donors (Lipinski definition) is 3. The molecule has 1 heterocycles. The fourth-order valence-corrected chi connectivity index (χ4v) is 5.79. The molecule has 0 bridgehead atoms. The molecule has 0 aromatic heterocycles. The number of terminal acetylenes is 1. The molecule has 0 unspecified atom stereocenters. The van der Waals surface area contributed by atoms with Crippen molar-refractivity contribution < 1.29 is 33.3 Å². The third-order valence-corrected chi connectivity index (χ3v) is 6.97. The summed E-state index contributed by atoms with van der Waals surface area (Å²) in [4.78, 5) is 37.0. The zero-order valence-corrected chi connectivity index (χ0v) is 26.1. The van der Waals surface area contributed by atoms with E-state index in [-0.39, 0.29) is 31.1 Å². The van der Waals surface area contributed by atoms with Crippen molar-refractivity contribution in [1.82, 2.24) is 16.1 Å². The average molecular weight is 772 g/mol. The van der Waals surface area contributed by atoms with E-state index in [1.54, 1.807) is 32.0 Å². The Bertz CT molecular complexity index is 1380. The number of nitrogens with one attached hydrogen (secondary N) is 3. The second-order valence-corrected chi connectivity index (χ2v) is 10.4. The second kappa shape index (κ2) is 14.7. The summed E-state index contributed by atoms with van der Waals surface area (Å²) in [5, 5.41) is 9.30. The highest BCUT2D eigenvalue weighted by Crippen LogP contribution is 2.34. The Kier molecular flexibility index (Phi) is 11.4. The maximum Gasteiger partial charge on any atom is 0.338 e. The van der Waals surface area contributed by atoms with Gasteiger partial charge in [-0.3, -0.25) is 4.79 Å². The van der Waals surface area contributed by atoms with E-state index in [9.17, 15) is 14.4 Å². The summed E-state index contributed by atoms with van der Waals surface area (Å²) in [6.45, 7) is 3.35. The molecular formula is C27H26I2N4O7. The maximum atomic E-state index is 12.6. The van der Waals surface area contributed by atoms with Crippen molar-refractivity contribution in [2.24, 2.45) is 5.10 Å². The number of methoxy groups -OCH3 is 1. The first-order valence-electron chi connectivity index (χ1n) is 11.8. The molecule has 2 aromatic carbocycles. The summed E-state index contributed by atoms with van der Waals surface area (Å²) in [6, 6.07) is 7.35. The van der Waals surface area contributed by atoms with E-state index in [0.29, 0.717) is 22.8 Å². The quantitative estimate of drug-likeness (QED) is 0.104. The van der Waals surface area contributed by atoms with Crippen LogP contribution in [0.5, 0.6) is 17.2 Å². The highest BCUT2D eigenvalue weighted by molar-refractivity contribution is 14.1. The van der Waals surface area contributed by atoms with Gasteiger partial charge in [0, 0.05) is 5.70 Å². The third-order valence-electron chi connectivity index (χ3n) is 5.37. The van der Waals surface area contributed by atoms with Gasteiger partial charge in [0.05, 0.1) is 38.7 Å². The number of nitrogens with zero attached hydrogens (tertiary/aromatic N) is 1. The zero-order valence-electron chi connectivity index (χ0n) is 21.8. The SMILES string of the molecule is C#CCOc1c(I)cc(/C=N\NC(=O)COc2ccc([C@@H]3NC(=O)NC(C)=C3C(=O)OCC)cc2OC)cc1I. The van der Waals surface area contributed by atoms with Crippen molar-refractivity contribution in [2.75, 3.05) is 26.9 Å². The number of carbonyl (C=O) groups is 3. The number of urea groups is 1. The van der Waals surface area contributed by atoms with Crippen molar-refractivity contribution in [3.05, 3.63) is 59.9 Å². The molecule has 0 radical (unpaired) electrons. The van der Waals surface area contributed by atoms with Crippen molar-refractivity contribution in [2.45, 2.75) is 19.9 Å². The van der Waals surface area contributed by atoms with Crippen molar-refractivity contribution >= 4 is 69.3 Å². The van der Waals surface area contributed by atoms with E-state index in [4.69, 9.17) is 25.4 Å². The molecule has 11 nitrogen and oxygen atoms in total. The lowest BCUT2D eigenvalue weighted by molar-refractivity contribution is -0.139. The van der Waals surface area contributed by atoms with Crippen LogP contribution in [0.4, 0.5) is 4.79 Å². The highest BCUT2D eigenvalue weighted by Gasteiger charge is 2.32. The van der Waals surface area contributed by atoms with Gasteiger partial charge in [-0.25, -0.2) is 15.0 Å². The smallest absolute Gasteiger partial charge is 0.338 e. The van der Waals surface area contributed by atoms with Crippen molar-refractivity contribution in [3.63, 3.8) is 0 Å². The van der Waals surface area contributed by atoms with Gasteiger partial charge >= 0.3 is 12.0 Å². The lowest BCUT2D eigenvalue weighted by Gasteiger charge is -2.28. The molecule has 40 heavy (non-hydrogen) atoms. The molecular weight excluding hydrogens is 746 g/mol. The molecule has 3 N–H and O–H groups in total. The summed E-state index contributed by atoms with van der Waals surface area (Å²) < 4.78 is 23.5. The normalized spacial score (nSPS) is 14.6. The van der Waals surface area contributed by atoms with Crippen LogP contribution >= 0.6 is 45.2 Å². The van der Waals surface area contributed by atoms with Crippen LogP contribution in [0, 0.1) is 19.5 Å². The molecule has 0 saturated carbocycles. The second-order valence-electron chi connectivity index (χ2n) is 8.09. The minimum absolute atomic E-state index is 0.170. The molecule has 0 saturated heterocycles. The molecule has 1 aliphatic heterocycles. The Labute approximate surface area is 258 Å². The van der Waals surface area contributed by atoms with Gasteiger partial charge in [0.15, 0.2) is 18.1 Å². The van der Waals surface area contributed by atoms with E-state index in [1.165, 1.54) is 13.3 Å². The van der Waals surface area contributed by atoms with Gasteiger partial charge < -0.3 is 29.6 Å². The van der Waals surface area contributed by atoms with Gasteiger partial charge in [-0.1, -0.05) is 12.0 Å². The van der Waals surface area contributed by atoms with E-state index in [2.05, 4.69) is 72.3 Å². The average Bonchev–Trinajstić information content (AvgIpc) is 2.91. The first-order chi connectivity index (χ1) is 19.2. The van der Waals surface area contributed by atoms with Gasteiger partial charge in [-0.05, 0) is 94.4 Å². The predicted octanol–water partition coefficient (Wildman–Crippen LogP) is 3.64. The summed E-state index contributed by atoms with van der Waals surface area (Å²) in [5.74, 6) is 2.68. The number of carbonyl (C=O) groups excluding carboxylic acids is 3. The van der Waals surface area contributed by atoms with Crippen LogP contribution in [-0.4, -0.2) is 51.1 Å². The van der Waals surface area contributed by atoms with E-state index in [1.807, 2.05) is 12.1 Å². The monoisotopic (exact) mass is 772 g/mol. The van der Waals surface area contributed by atoms with Crippen LogP contribution in [0.15, 0.2) is 46.7 Å². The van der Waals surface area contributed by atoms with Gasteiger partial charge in [-0.15, -0.1) is 6.42 Å². The molecule has 3 rings (SSSR count). The van der Waals surface area contributed by atoms with Crippen LogP contribution in [0.2, 0.25) is 0 Å². The third kappa shape index (κ3) is 8.01. The van der Waals surface area contributed by atoms with Gasteiger partial charge in [-0.2, -0.15) is 5.10 Å². The molecule has 3 amide bonds. The van der Waals surface area contributed by atoms with Crippen LogP contribution in [0.3, 0.4) is 0 Å². The van der Waals surface area contributed by atoms with E-state index < -0.39 is 23.9 Å². The molecule has 2 aromatic rings. The molecule has 1 aliphatic rings. The number of esters is 1. The van der Waals surface area contributed by atoms with Crippen LogP contribution in [0.1, 0.15) is 31.0 Å². The molecule has 0 fully saturated rings. The highest BCUT2D eigenvalue weighted by atomic mass is 127. The summed E-state index contributed by atoms with van der Waals surface area (Å²) in [7, 11) is 1.44. The Hall–Kier alpha value is -3.52. The van der Waals surface area contributed by atoms with Crippen molar-refractivity contribution in [3.8, 4) is 29.6 Å². The van der Waals surface area contributed by atoms with Gasteiger partial charge in [0.25, 0.3) is 5.91 Å². The number of halogens is 2. The van der Waals surface area contributed by atoms with E-state index >= 15 is 0 Å². The number of amides is 3. The van der Waals surface area contributed by atoms with Crippen molar-refractivity contribution in [1.29, 1.82) is 0 Å². The van der Waals surface area contributed by atoms with Gasteiger partial charge in [0.1, 0.15) is 12.4 Å². The topological polar surface area (TPSA) is 137 Å². The maximum absolute atomic E-state index is 12.6. The minimum atomic E-state index is -0.766. The fraction of sp³-hybridized carbons (Fsp3) is 0.259. The summed E-state index contributed by atoms with van der Waals surface area (Å²) in [5.41, 5.74) is 4.41. The Morgan fingerprint density at radius 2 is 1.90 bits per heavy atom. The predicted molar refractivity (Wildman–Crippen MR) is 164 cm³/mol. The summed E-state index contributed by atoms with van der Waals surface area (Å²) in [6.07, 6.45) is 6.76. The van der Waals surface area contributed by atoms with Crippen LogP contribution in [0.25, 0.3) is 0 Å². The lowest BCUT2D eigenvalue weighted by Crippen LogP contribution is -2.45. The molecule has 13 heteroatoms. The lowest BCUT2D eigenvalue weighted by atomic mass is 9.95. The Morgan fingerprint density at radius 3 is 2.55 bits per heavy atom. The molecule has 1 atom stereocenters. The standard InChI is InChI=1S/C27H26I2N4O7/c1-5-9-39-25-18(28)10-16(11-19(25)29)13-30-33-22(34)14-40-20-8-7-17(12-21(20)37-4)24-23(26(35)38-6-2)15(3)31-27(36)32-24/h1,7-8,10-13,24H,6,9,14H2,2-4H3,(H,33,34)(H2,31,32,36)/b30-13-/t24-/m0/s1. The minimum Gasteiger partial charge on any atom is -0.493 e.